The molecule has 0 aliphatic carbocycles. The van der Waals surface area contributed by atoms with Gasteiger partial charge in [-0.05, 0) is 41.5 Å². The van der Waals surface area contributed by atoms with E-state index >= 15 is 0 Å². The van der Waals surface area contributed by atoms with Crippen LogP contribution in [-0.4, -0.2) is 34.1 Å². The van der Waals surface area contributed by atoms with Crippen LogP contribution in [0, 0.1) is 0 Å². The summed E-state index contributed by atoms with van der Waals surface area (Å²) in [5.41, 5.74) is 4.73. The first-order valence-electron chi connectivity index (χ1n) is 13.4. The number of aliphatic hydroxyl groups is 1. The van der Waals surface area contributed by atoms with Crippen molar-refractivity contribution in [3.05, 3.63) is 144 Å². The quantitative estimate of drug-likeness (QED) is 0.241. The molecule has 4 aromatic rings. The summed E-state index contributed by atoms with van der Waals surface area (Å²) in [4.78, 5) is 14.5. The van der Waals surface area contributed by atoms with E-state index in [0.717, 1.165) is 5.56 Å². The predicted molar refractivity (Wildman–Crippen MR) is 154 cm³/mol. The molecule has 0 heterocycles. The van der Waals surface area contributed by atoms with E-state index in [0.29, 0.717) is 32.4 Å². The van der Waals surface area contributed by atoms with Crippen molar-refractivity contribution >= 4 is 5.91 Å². The van der Waals surface area contributed by atoms with Gasteiger partial charge in [0.05, 0.1) is 6.10 Å². The fourth-order valence-corrected chi connectivity index (χ4v) is 5.12. The number of amides is 1. The lowest BCUT2D eigenvalue weighted by Crippen LogP contribution is -2.48. The fraction of sp³-hybridized carbons (Fsp3) is 0.265. The van der Waals surface area contributed by atoms with Gasteiger partial charge in [0.2, 0.25) is 5.91 Å². The normalized spacial score (nSPS) is 13.6. The molecule has 2 N–H and O–H groups in total. The summed E-state index contributed by atoms with van der Waals surface area (Å²) >= 11 is 0. The second kappa shape index (κ2) is 14.3. The Bertz CT molecular complexity index is 1180. The lowest BCUT2D eigenvalue weighted by Gasteiger charge is -2.37. The summed E-state index contributed by atoms with van der Waals surface area (Å²) in [6.45, 7) is 2.98. The number of aliphatic hydroxyl groups excluding tert-OH is 1. The Hall–Kier alpha value is -3.73. The molecule has 1 amide bonds. The Balaban J connectivity index is 1.63. The minimum absolute atomic E-state index is 0.0804. The average Bonchev–Trinajstić information content (AvgIpc) is 2.93. The molecular formula is C34H38N2O2. The first kappa shape index (κ1) is 27.3. The third kappa shape index (κ3) is 8.69. The second-order valence-electron chi connectivity index (χ2n) is 10.0. The highest BCUT2D eigenvalue weighted by Gasteiger charge is 2.29. The van der Waals surface area contributed by atoms with Crippen LogP contribution in [0.25, 0.3) is 0 Å². The standard InChI is InChI=1S/C34H38N2O2/c1-27(37)35-32(22-28-14-6-2-7-15-28)24-34(38)33(23-29-16-8-3-9-17-29)36(25-30-18-10-4-11-19-30)26-31-20-12-5-13-21-31/h2-21,32-34,38H,22-26H2,1H3,(H,35,37)/t32-,33-,34-/m0/s1. The van der Waals surface area contributed by atoms with Crippen LogP contribution in [0.5, 0.6) is 0 Å². The number of nitrogens with one attached hydrogen (secondary N) is 1. The number of rotatable bonds is 13. The van der Waals surface area contributed by atoms with Gasteiger partial charge in [0.1, 0.15) is 0 Å². The number of hydrogen-bond acceptors (Lipinski definition) is 3. The zero-order valence-electron chi connectivity index (χ0n) is 22.1. The molecule has 4 heteroatoms. The second-order valence-corrected chi connectivity index (χ2v) is 10.0. The Morgan fingerprint density at radius 1 is 0.658 bits per heavy atom. The van der Waals surface area contributed by atoms with E-state index in [1.54, 1.807) is 6.92 Å². The van der Waals surface area contributed by atoms with Crippen molar-refractivity contribution in [1.82, 2.24) is 10.2 Å². The fourth-order valence-electron chi connectivity index (χ4n) is 5.12. The number of nitrogens with zero attached hydrogens (tertiary/aromatic N) is 1. The molecule has 0 spiro atoms. The number of carbonyl (C=O) groups excluding carboxylic acids is 1. The maximum absolute atomic E-state index is 12.1. The molecule has 0 unspecified atom stereocenters. The lowest BCUT2D eigenvalue weighted by atomic mass is 9.92. The Kier molecular flexibility index (Phi) is 10.3. The third-order valence-corrected chi connectivity index (χ3v) is 6.92. The Labute approximate surface area is 227 Å². The van der Waals surface area contributed by atoms with E-state index in [4.69, 9.17) is 0 Å². The zero-order chi connectivity index (χ0) is 26.6. The van der Waals surface area contributed by atoms with Crippen LogP contribution in [0.3, 0.4) is 0 Å². The average molecular weight is 507 g/mol. The van der Waals surface area contributed by atoms with Crippen molar-refractivity contribution < 1.29 is 9.90 Å². The van der Waals surface area contributed by atoms with Crippen molar-refractivity contribution in [2.24, 2.45) is 0 Å². The molecule has 0 saturated heterocycles. The van der Waals surface area contributed by atoms with Gasteiger partial charge in [0.25, 0.3) is 0 Å². The number of carbonyl (C=O) groups is 1. The highest BCUT2D eigenvalue weighted by atomic mass is 16.3. The van der Waals surface area contributed by atoms with Crippen molar-refractivity contribution in [2.75, 3.05) is 0 Å². The molecule has 0 aromatic heterocycles. The van der Waals surface area contributed by atoms with Crippen LogP contribution in [0.2, 0.25) is 0 Å². The highest BCUT2D eigenvalue weighted by molar-refractivity contribution is 5.73. The highest BCUT2D eigenvalue weighted by Crippen LogP contribution is 2.22. The maximum Gasteiger partial charge on any atom is 0.217 e. The van der Waals surface area contributed by atoms with E-state index in [1.807, 2.05) is 48.5 Å². The van der Waals surface area contributed by atoms with Crippen molar-refractivity contribution in [2.45, 2.75) is 57.5 Å². The molecule has 0 fully saturated rings. The molecule has 3 atom stereocenters. The van der Waals surface area contributed by atoms with Gasteiger partial charge in [-0.3, -0.25) is 9.69 Å². The number of benzene rings is 4. The largest absolute Gasteiger partial charge is 0.391 e. The van der Waals surface area contributed by atoms with E-state index in [-0.39, 0.29) is 18.0 Å². The van der Waals surface area contributed by atoms with Gasteiger partial charge in [-0.2, -0.15) is 0 Å². The predicted octanol–water partition coefficient (Wildman–Crippen LogP) is 5.80. The first-order valence-corrected chi connectivity index (χ1v) is 13.4. The molecular weight excluding hydrogens is 468 g/mol. The minimum atomic E-state index is -0.650. The third-order valence-electron chi connectivity index (χ3n) is 6.92. The van der Waals surface area contributed by atoms with Crippen LogP contribution in [-0.2, 0) is 30.7 Å². The van der Waals surface area contributed by atoms with E-state index in [1.165, 1.54) is 16.7 Å². The maximum atomic E-state index is 12.1. The van der Waals surface area contributed by atoms with E-state index in [9.17, 15) is 9.90 Å². The molecule has 4 rings (SSSR count). The Morgan fingerprint density at radius 2 is 1.05 bits per heavy atom. The molecule has 4 aromatic carbocycles. The monoisotopic (exact) mass is 506 g/mol. The summed E-state index contributed by atoms with van der Waals surface area (Å²) in [6.07, 6.45) is 1.20. The molecule has 4 nitrogen and oxygen atoms in total. The topological polar surface area (TPSA) is 52.6 Å². The van der Waals surface area contributed by atoms with Crippen LogP contribution in [0.15, 0.2) is 121 Å². The SMILES string of the molecule is CC(=O)N[C@@H](Cc1ccccc1)C[C@H](O)[C@H](Cc1ccccc1)N(Cc1ccccc1)Cc1ccccc1. The van der Waals surface area contributed by atoms with Gasteiger partial charge >= 0.3 is 0 Å². The van der Waals surface area contributed by atoms with Crippen molar-refractivity contribution in [1.29, 1.82) is 0 Å². The van der Waals surface area contributed by atoms with Crippen LogP contribution in [0.4, 0.5) is 0 Å². The van der Waals surface area contributed by atoms with Gasteiger partial charge in [-0.25, -0.2) is 0 Å². The van der Waals surface area contributed by atoms with E-state index in [2.05, 4.69) is 83.0 Å². The van der Waals surface area contributed by atoms with Gasteiger partial charge in [-0.15, -0.1) is 0 Å². The van der Waals surface area contributed by atoms with Gasteiger partial charge in [0.15, 0.2) is 0 Å². The summed E-state index contributed by atoms with van der Waals surface area (Å²) in [6, 6.07) is 41.1. The summed E-state index contributed by atoms with van der Waals surface area (Å²) in [5, 5.41) is 15.0. The zero-order valence-corrected chi connectivity index (χ0v) is 22.1. The van der Waals surface area contributed by atoms with Crippen LogP contribution >= 0.6 is 0 Å². The summed E-state index contributed by atoms with van der Waals surface area (Å²) < 4.78 is 0. The molecule has 0 aliphatic rings. The van der Waals surface area contributed by atoms with Crippen LogP contribution in [0.1, 0.15) is 35.6 Å². The van der Waals surface area contributed by atoms with Crippen molar-refractivity contribution in [3.63, 3.8) is 0 Å². The molecule has 0 saturated carbocycles. The lowest BCUT2D eigenvalue weighted by molar-refractivity contribution is -0.119. The summed E-state index contributed by atoms with van der Waals surface area (Å²) in [5.74, 6) is -0.0804. The number of hydrogen-bond donors (Lipinski definition) is 2. The van der Waals surface area contributed by atoms with Gasteiger partial charge < -0.3 is 10.4 Å². The van der Waals surface area contributed by atoms with Gasteiger partial charge in [0, 0.05) is 32.1 Å². The first-order chi connectivity index (χ1) is 18.6. The molecule has 0 aliphatic heterocycles. The van der Waals surface area contributed by atoms with Crippen LogP contribution < -0.4 is 5.32 Å². The van der Waals surface area contributed by atoms with Gasteiger partial charge in [-0.1, -0.05) is 121 Å². The molecule has 38 heavy (non-hydrogen) atoms. The summed E-state index contributed by atoms with van der Waals surface area (Å²) in [7, 11) is 0. The van der Waals surface area contributed by atoms with E-state index < -0.39 is 6.10 Å². The molecule has 0 bridgehead atoms. The van der Waals surface area contributed by atoms with Crippen molar-refractivity contribution in [3.8, 4) is 0 Å². The minimum Gasteiger partial charge on any atom is -0.391 e. The molecule has 0 radical (unpaired) electrons. The Morgan fingerprint density at radius 3 is 1.47 bits per heavy atom. The molecule has 196 valence electrons. The smallest absolute Gasteiger partial charge is 0.217 e.